The van der Waals surface area contributed by atoms with Crippen molar-refractivity contribution >= 4 is 17.3 Å². The number of aliphatic imine (C=N–C) groups is 1. The number of benzene rings is 2. The quantitative estimate of drug-likeness (QED) is 0.842. The number of fused-ring (bicyclic) bond motifs is 1. The van der Waals surface area contributed by atoms with Crippen LogP contribution in [0.1, 0.15) is 16.7 Å². The van der Waals surface area contributed by atoms with Gasteiger partial charge in [0.15, 0.2) is 6.17 Å². The van der Waals surface area contributed by atoms with E-state index < -0.39 is 17.9 Å². The first-order valence-corrected chi connectivity index (χ1v) is 6.57. The molecule has 21 heavy (non-hydrogen) atoms. The Kier molecular flexibility index (Phi) is 3.27. The van der Waals surface area contributed by atoms with Gasteiger partial charge >= 0.3 is 0 Å². The fourth-order valence-corrected chi connectivity index (χ4v) is 2.36. The minimum atomic E-state index is -1.06. The fraction of sp³-hybridized carbons (Fsp3) is 0.125. The molecule has 1 heterocycles. The van der Waals surface area contributed by atoms with Crippen LogP contribution in [0.2, 0.25) is 0 Å². The topological polar surface area (TPSA) is 67.5 Å². The third-order valence-electron chi connectivity index (χ3n) is 3.44. The molecule has 0 spiro atoms. The summed E-state index contributed by atoms with van der Waals surface area (Å²) < 4.78 is 14.1. The standard InChI is InChI=1S/C16H14FN3O/c1-9-5-4-7-11-13(9)20-16(21)15(18)19-14(11)10-6-2-3-8-12(10)17/h2-8,15H,18H2,1H3,(H,20,21)/t15-/m0/s1. The second kappa shape index (κ2) is 5.10. The number of halogens is 1. The molecule has 4 nitrogen and oxygen atoms in total. The summed E-state index contributed by atoms with van der Waals surface area (Å²) in [7, 11) is 0. The van der Waals surface area contributed by atoms with E-state index in [-0.39, 0.29) is 0 Å². The second-order valence-electron chi connectivity index (χ2n) is 4.89. The minimum Gasteiger partial charge on any atom is -0.322 e. The number of para-hydroxylation sites is 1. The number of nitrogens with one attached hydrogen (secondary N) is 1. The SMILES string of the molecule is Cc1cccc2c1NC(=O)[C@@H](N)N=C2c1ccccc1F. The molecular formula is C16H14FN3O. The number of aryl methyl sites for hydroxylation is 1. The number of carbonyl (C=O) groups is 1. The Balaban J connectivity index is 2.28. The first-order valence-electron chi connectivity index (χ1n) is 6.57. The highest BCUT2D eigenvalue weighted by molar-refractivity contribution is 6.20. The van der Waals surface area contributed by atoms with Gasteiger partial charge in [-0.05, 0) is 24.6 Å². The van der Waals surface area contributed by atoms with Crippen molar-refractivity contribution in [2.24, 2.45) is 10.7 Å². The molecule has 0 saturated carbocycles. The monoisotopic (exact) mass is 283 g/mol. The summed E-state index contributed by atoms with van der Waals surface area (Å²) in [5, 5.41) is 2.76. The van der Waals surface area contributed by atoms with E-state index >= 15 is 0 Å². The number of anilines is 1. The van der Waals surface area contributed by atoms with Gasteiger partial charge in [0, 0.05) is 11.1 Å². The van der Waals surface area contributed by atoms with E-state index in [1.54, 1.807) is 24.3 Å². The molecule has 0 radical (unpaired) electrons. The van der Waals surface area contributed by atoms with Crippen LogP contribution in [-0.4, -0.2) is 17.8 Å². The average molecular weight is 283 g/mol. The molecule has 2 aromatic rings. The number of hydrogen-bond acceptors (Lipinski definition) is 3. The van der Waals surface area contributed by atoms with Gasteiger partial charge in [0.05, 0.1) is 11.4 Å². The summed E-state index contributed by atoms with van der Waals surface area (Å²) in [6.45, 7) is 1.87. The first-order chi connectivity index (χ1) is 10.1. The molecule has 0 aromatic heterocycles. The van der Waals surface area contributed by atoms with Crippen LogP contribution >= 0.6 is 0 Å². The Bertz CT molecular complexity index is 755. The maximum absolute atomic E-state index is 14.1. The summed E-state index contributed by atoms with van der Waals surface area (Å²) in [5.74, 6) is -0.804. The van der Waals surface area contributed by atoms with E-state index in [1.807, 2.05) is 19.1 Å². The number of nitrogens with two attached hydrogens (primary N) is 1. The average Bonchev–Trinajstić information content (AvgIpc) is 2.59. The molecule has 2 aromatic carbocycles. The number of rotatable bonds is 1. The van der Waals surface area contributed by atoms with Crippen molar-refractivity contribution in [3.05, 3.63) is 65.0 Å². The Morgan fingerprint density at radius 3 is 2.62 bits per heavy atom. The minimum absolute atomic E-state index is 0.330. The first kappa shape index (κ1) is 13.5. The van der Waals surface area contributed by atoms with Gasteiger partial charge in [-0.3, -0.25) is 9.79 Å². The van der Waals surface area contributed by atoms with E-state index in [1.165, 1.54) is 6.07 Å². The van der Waals surface area contributed by atoms with E-state index in [9.17, 15) is 9.18 Å². The molecule has 1 atom stereocenters. The lowest BCUT2D eigenvalue weighted by Crippen LogP contribution is -2.33. The number of carbonyl (C=O) groups excluding carboxylic acids is 1. The van der Waals surface area contributed by atoms with Crippen molar-refractivity contribution in [1.29, 1.82) is 0 Å². The maximum atomic E-state index is 14.1. The third-order valence-corrected chi connectivity index (χ3v) is 3.44. The zero-order valence-corrected chi connectivity index (χ0v) is 11.4. The maximum Gasteiger partial charge on any atom is 0.263 e. The summed E-state index contributed by atoms with van der Waals surface area (Å²) in [4.78, 5) is 16.2. The van der Waals surface area contributed by atoms with E-state index in [2.05, 4.69) is 10.3 Å². The fourth-order valence-electron chi connectivity index (χ4n) is 2.36. The van der Waals surface area contributed by atoms with E-state index in [0.29, 0.717) is 22.5 Å². The van der Waals surface area contributed by atoms with Gasteiger partial charge in [-0.15, -0.1) is 0 Å². The molecule has 1 aliphatic rings. The molecule has 106 valence electrons. The number of benzodiazepines with no additional fused rings is 1. The molecule has 3 rings (SSSR count). The van der Waals surface area contributed by atoms with E-state index in [4.69, 9.17) is 5.73 Å². The smallest absolute Gasteiger partial charge is 0.263 e. The Morgan fingerprint density at radius 2 is 1.86 bits per heavy atom. The molecule has 1 aliphatic heterocycles. The van der Waals surface area contributed by atoms with Gasteiger partial charge in [-0.2, -0.15) is 0 Å². The van der Waals surface area contributed by atoms with Crippen molar-refractivity contribution in [2.45, 2.75) is 13.1 Å². The third kappa shape index (κ3) is 2.32. The van der Waals surface area contributed by atoms with Crippen molar-refractivity contribution in [3.63, 3.8) is 0 Å². The van der Waals surface area contributed by atoms with Crippen LogP contribution in [0.5, 0.6) is 0 Å². The van der Waals surface area contributed by atoms with Crippen LogP contribution in [0.15, 0.2) is 47.5 Å². The van der Waals surface area contributed by atoms with Crippen LogP contribution in [0.4, 0.5) is 10.1 Å². The molecular weight excluding hydrogens is 269 g/mol. The molecule has 3 N–H and O–H groups in total. The van der Waals surface area contributed by atoms with Gasteiger partial charge in [0.25, 0.3) is 5.91 Å². The van der Waals surface area contributed by atoms with E-state index in [0.717, 1.165) is 5.56 Å². The Morgan fingerprint density at radius 1 is 1.14 bits per heavy atom. The highest BCUT2D eigenvalue weighted by Crippen LogP contribution is 2.27. The predicted molar refractivity (Wildman–Crippen MR) is 79.8 cm³/mol. The van der Waals surface area contributed by atoms with Gasteiger partial charge in [-0.25, -0.2) is 4.39 Å². The normalized spacial score (nSPS) is 17.6. The molecule has 5 heteroatoms. The lowest BCUT2D eigenvalue weighted by Gasteiger charge is -2.12. The number of nitrogens with zero attached hydrogens (tertiary/aromatic N) is 1. The van der Waals surface area contributed by atoms with Crippen LogP contribution in [0.25, 0.3) is 0 Å². The van der Waals surface area contributed by atoms with Crippen molar-refractivity contribution in [2.75, 3.05) is 5.32 Å². The largest absolute Gasteiger partial charge is 0.322 e. The summed E-state index contributed by atoms with van der Waals surface area (Å²) in [5.41, 5.74) is 8.64. The second-order valence-corrected chi connectivity index (χ2v) is 4.89. The van der Waals surface area contributed by atoms with Gasteiger partial charge in [0.2, 0.25) is 0 Å². The predicted octanol–water partition coefficient (Wildman–Crippen LogP) is 2.21. The van der Waals surface area contributed by atoms with Gasteiger partial charge in [-0.1, -0.05) is 30.3 Å². The Labute approximate surface area is 121 Å². The molecule has 0 fully saturated rings. The number of amides is 1. The molecule has 0 unspecified atom stereocenters. The number of hydrogen-bond donors (Lipinski definition) is 2. The van der Waals surface area contributed by atoms with Crippen LogP contribution in [0.3, 0.4) is 0 Å². The molecule has 0 aliphatic carbocycles. The molecule has 1 amide bonds. The van der Waals surface area contributed by atoms with Crippen LogP contribution in [-0.2, 0) is 4.79 Å². The molecule has 0 saturated heterocycles. The molecule has 0 bridgehead atoms. The highest BCUT2D eigenvalue weighted by atomic mass is 19.1. The van der Waals surface area contributed by atoms with Gasteiger partial charge in [0.1, 0.15) is 5.82 Å². The van der Waals surface area contributed by atoms with Gasteiger partial charge < -0.3 is 11.1 Å². The highest BCUT2D eigenvalue weighted by Gasteiger charge is 2.25. The van der Waals surface area contributed by atoms with Crippen LogP contribution in [0, 0.1) is 12.7 Å². The zero-order valence-electron chi connectivity index (χ0n) is 11.4. The van der Waals surface area contributed by atoms with Crippen molar-refractivity contribution in [1.82, 2.24) is 0 Å². The van der Waals surface area contributed by atoms with Crippen LogP contribution < -0.4 is 11.1 Å². The summed E-state index contributed by atoms with van der Waals surface area (Å²) in [6.07, 6.45) is -1.06. The zero-order chi connectivity index (χ0) is 15.0. The summed E-state index contributed by atoms with van der Waals surface area (Å²) >= 11 is 0. The Hall–Kier alpha value is -2.53. The lowest BCUT2D eigenvalue weighted by atomic mass is 9.98. The van der Waals surface area contributed by atoms with Crippen molar-refractivity contribution in [3.8, 4) is 0 Å². The lowest BCUT2D eigenvalue weighted by molar-refractivity contribution is -0.117. The van der Waals surface area contributed by atoms with Crippen molar-refractivity contribution < 1.29 is 9.18 Å². The summed E-state index contributed by atoms with van der Waals surface area (Å²) in [6, 6.07) is 11.8.